The van der Waals surface area contributed by atoms with Crippen molar-refractivity contribution >= 4 is 66.4 Å². The summed E-state index contributed by atoms with van der Waals surface area (Å²) in [5, 5.41) is 7.49. The standard InChI is InChI=1S/C61H40N2/c1-5-18-45(19-6-1)62(46-20-7-2-8-21-46)49-32-29-42-39-55-53-34-30-43-37-50(63(47-22-9-3-10-23-47)48-24-11-4-12-25-48)33-35-52(43)60(53)61(58(55)40-44(42)38-49)56-28-16-15-27-54(56)59-51-26-14-13-17-41(51)31-36-57(59)61/h1-40H. The van der Waals surface area contributed by atoms with Crippen LogP contribution in [-0.2, 0) is 5.41 Å². The lowest BCUT2D eigenvalue weighted by Crippen LogP contribution is -2.26. The fourth-order valence-corrected chi connectivity index (χ4v) is 11.0. The van der Waals surface area contributed by atoms with Gasteiger partial charge in [0.1, 0.15) is 0 Å². The maximum Gasteiger partial charge on any atom is 0.0731 e. The van der Waals surface area contributed by atoms with Gasteiger partial charge < -0.3 is 9.80 Å². The molecule has 13 rings (SSSR count). The summed E-state index contributed by atoms with van der Waals surface area (Å²) < 4.78 is 0. The first-order valence-electron chi connectivity index (χ1n) is 21.8. The predicted octanol–water partition coefficient (Wildman–Crippen LogP) is 16.4. The first kappa shape index (κ1) is 35.5. The van der Waals surface area contributed by atoms with Crippen molar-refractivity contribution in [3.63, 3.8) is 0 Å². The number of hydrogen-bond acceptors (Lipinski definition) is 2. The molecule has 294 valence electrons. The summed E-state index contributed by atoms with van der Waals surface area (Å²) in [7, 11) is 0. The lowest BCUT2D eigenvalue weighted by molar-refractivity contribution is 0.803. The molecule has 11 aromatic rings. The fourth-order valence-electron chi connectivity index (χ4n) is 11.0. The summed E-state index contributed by atoms with van der Waals surface area (Å²) >= 11 is 0. The molecule has 2 aliphatic rings. The van der Waals surface area contributed by atoms with Crippen LogP contribution in [0.3, 0.4) is 0 Å². The van der Waals surface area contributed by atoms with Crippen molar-refractivity contribution in [2.24, 2.45) is 0 Å². The van der Waals surface area contributed by atoms with E-state index >= 15 is 0 Å². The highest BCUT2D eigenvalue weighted by Crippen LogP contribution is 2.65. The van der Waals surface area contributed by atoms with Crippen LogP contribution < -0.4 is 9.80 Å². The van der Waals surface area contributed by atoms with E-state index in [1.54, 1.807) is 0 Å². The number of fused-ring (bicyclic) bond motifs is 15. The molecule has 11 aromatic carbocycles. The molecule has 0 radical (unpaired) electrons. The van der Waals surface area contributed by atoms with Crippen LogP contribution in [0.15, 0.2) is 243 Å². The summed E-state index contributed by atoms with van der Waals surface area (Å²) in [6.07, 6.45) is 0. The Balaban J connectivity index is 1.09. The zero-order valence-corrected chi connectivity index (χ0v) is 34.5. The molecule has 0 aliphatic heterocycles. The van der Waals surface area contributed by atoms with E-state index < -0.39 is 5.41 Å². The molecule has 63 heavy (non-hydrogen) atoms. The van der Waals surface area contributed by atoms with Crippen LogP contribution in [0.1, 0.15) is 22.3 Å². The monoisotopic (exact) mass is 800 g/mol. The molecule has 1 atom stereocenters. The third-order valence-corrected chi connectivity index (χ3v) is 13.5. The Bertz CT molecular complexity index is 3480. The Labute approximate surface area is 367 Å². The van der Waals surface area contributed by atoms with Crippen LogP contribution in [0.5, 0.6) is 0 Å². The van der Waals surface area contributed by atoms with E-state index in [4.69, 9.17) is 0 Å². The Kier molecular flexibility index (Phi) is 7.85. The normalized spacial score (nSPS) is 14.4. The molecule has 0 amide bonds. The van der Waals surface area contributed by atoms with Crippen LogP contribution in [0.4, 0.5) is 34.1 Å². The molecular weight excluding hydrogens is 761 g/mol. The van der Waals surface area contributed by atoms with Gasteiger partial charge in [-0.1, -0.05) is 158 Å². The summed E-state index contributed by atoms with van der Waals surface area (Å²) in [4.78, 5) is 4.73. The van der Waals surface area contributed by atoms with E-state index in [0.29, 0.717) is 0 Å². The van der Waals surface area contributed by atoms with E-state index in [2.05, 4.69) is 252 Å². The Morgan fingerprint density at radius 3 is 1.43 bits per heavy atom. The lowest BCUT2D eigenvalue weighted by atomic mass is 9.69. The van der Waals surface area contributed by atoms with Crippen LogP contribution in [0.2, 0.25) is 0 Å². The van der Waals surface area contributed by atoms with Gasteiger partial charge in [0.2, 0.25) is 0 Å². The molecule has 0 aromatic heterocycles. The van der Waals surface area contributed by atoms with Gasteiger partial charge in [0, 0.05) is 34.1 Å². The number of benzene rings is 11. The highest BCUT2D eigenvalue weighted by atomic mass is 15.1. The smallest absolute Gasteiger partial charge is 0.0731 e. The van der Waals surface area contributed by atoms with Crippen molar-refractivity contribution in [1.29, 1.82) is 0 Å². The summed E-state index contributed by atoms with van der Waals surface area (Å²) in [5.41, 5.74) is 16.8. The second kappa shape index (κ2) is 13.9. The lowest BCUT2D eigenvalue weighted by Gasteiger charge is -2.32. The summed E-state index contributed by atoms with van der Waals surface area (Å²) in [6.45, 7) is 0. The largest absolute Gasteiger partial charge is 0.310 e. The summed E-state index contributed by atoms with van der Waals surface area (Å²) in [5.74, 6) is 0. The minimum Gasteiger partial charge on any atom is -0.310 e. The van der Waals surface area contributed by atoms with Gasteiger partial charge in [-0.3, -0.25) is 0 Å². The topological polar surface area (TPSA) is 6.48 Å². The number of rotatable bonds is 6. The van der Waals surface area contributed by atoms with Crippen LogP contribution in [0.25, 0.3) is 54.6 Å². The van der Waals surface area contributed by atoms with Gasteiger partial charge in [0.15, 0.2) is 0 Å². The van der Waals surface area contributed by atoms with Crippen LogP contribution >= 0.6 is 0 Å². The second-order valence-electron chi connectivity index (χ2n) is 16.8. The maximum atomic E-state index is 2.52. The molecule has 0 saturated carbocycles. The third kappa shape index (κ3) is 5.25. The SMILES string of the molecule is c1ccc(N(c2ccccc2)c2ccc3cc4c(cc3c2)C2(c3ccccc3-c3c2ccc2ccccc32)c2c-4ccc3cc(N(c4ccccc4)c4ccccc4)ccc23)cc1. The average Bonchev–Trinajstić information content (AvgIpc) is 3.81. The van der Waals surface area contributed by atoms with Gasteiger partial charge in [-0.25, -0.2) is 0 Å². The van der Waals surface area contributed by atoms with E-state index in [0.717, 1.165) is 34.1 Å². The molecule has 0 heterocycles. The average molecular weight is 801 g/mol. The highest BCUT2D eigenvalue weighted by Gasteiger charge is 2.53. The fraction of sp³-hybridized carbons (Fsp3) is 0.0164. The maximum absolute atomic E-state index is 2.52. The molecule has 2 heteroatoms. The third-order valence-electron chi connectivity index (χ3n) is 13.5. The number of hydrogen-bond donors (Lipinski definition) is 0. The zero-order valence-electron chi connectivity index (χ0n) is 34.5. The molecule has 0 saturated heterocycles. The highest BCUT2D eigenvalue weighted by molar-refractivity contribution is 6.11. The van der Waals surface area contributed by atoms with Gasteiger partial charge in [-0.05, 0) is 162 Å². The molecule has 1 unspecified atom stereocenters. The van der Waals surface area contributed by atoms with Gasteiger partial charge in [-0.2, -0.15) is 0 Å². The molecule has 2 nitrogen and oxygen atoms in total. The molecule has 0 bridgehead atoms. The molecule has 0 N–H and O–H groups in total. The van der Waals surface area contributed by atoms with Gasteiger partial charge >= 0.3 is 0 Å². The Morgan fingerprint density at radius 2 is 0.778 bits per heavy atom. The predicted molar refractivity (Wildman–Crippen MR) is 265 cm³/mol. The van der Waals surface area contributed by atoms with Crippen molar-refractivity contribution in [2.45, 2.75) is 5.41 Å². The van der Waals surface area contributed by atoms with Crippen molar-refractivity contribution in [1.82, 2.24) is 0 Å². The van der Waals surface area contributed by atoms with Gasteiger partial charge in [0.25, 0.3) is 0 Å². The first-order valence-corrected chi connectivity index (χ1v) is 21.8. The van der Waals surface area contributed by atoms with Gasteiger partial charge in [-0.15, -0.1) is 0 Å². The second-order valence-corrected chi connectivity index (χ2v) is 16.8. The number of anilines is 6. The van der Waals surface area contributed by atoms with Crippen molar-refractivity contribution < 1.29 is 0 Å². The first-order chi connectivity index (χ1) is 31.3. The molecular formula is C61H40N2. The van der Waals surface area contributed by atoms with E-state index in [-0.39, 0.29) is 0 Å². The van der Waals surface area contributed by atoms with E-state index in [1.807, 2.05) is 0 Å². The Hall–Kier alpha value is -8.20. The zero-order chi connectivity index (χ0) is 41.5. The van der Waals surface area contributed by atoms with Crippen LogP contribution in [0, 0.1) is 0 Å². The molecule has 2 aliphatic carbocycles. The Morgan fingerprint density at radius 1 is 0.254 bits per heavy atom. The molecule has 1 spiro atoms. The minimum absolute atomic E-state index is 0.553. The quantitative estimate of drug-likeness (QED) is 0.165. The van der Waals surface area contributed by atoms with Crippen LogP contribution in [-0.4, -0.2) is 0 Å². The molecule has 0 fully saturated rings. The number of nitrogens with zero attached hydrogens (tertiary/aromatic N) is 2. The minimum atomic E-state index is -0.553. The van der Waals surface area contributed by atoms with Crippen molar-refractivity contribution in [2.75, 3.05) is 9.80 Å². The van der Waals surface area contributed by atoms with Crippen molar-refractivity contribution in [3.8, 4) is 22.3 Å². The van der Waals surface area contributed by atoms with Gasteiger partial charge in [0.05, 0.1) is 5.41 Å². The summed E-state index contributed by atoms with van der Waals surface area (Å²) in [6, 6.07) is 89.5. The van der Waals surface area contributed by atoms with E-state index in [1.165, 1.54) is 76.8 Å². The van der Waals surface area contributed by atoms with Crippen molar-refractivity contribution in [3.05, 3.63) is 265 Å². The van der Waals surface area contributed by atoms with E-state index in [9.17, 15) is 0 Å². The number of para-hydroxylation sites is 4.